The van der Waals surface area contributed by atoms with Crippen molar-refractivity contribution in [2.24, 2.45) is 0 Å². The number of benzene rings is 2. The van der Waals surface area contributed by atoms with Crippen LogP contribution in [0.25, 0.3) is 22.2 Å². The number of pyridine rings is 1. The van der Waals surface area contributed by atoms with Gasteiger partial charge in [0.15, 0.2) is 0 Å². The molecule has 0 fully saturated rings. The van der Waals surface area contributed by atoms with Crippen LogP contribution in [0, 0.1) is 6.92 Å². The van der Waals surface area contributed by atoms with Gasteiger partial charge in [0, 0.05) is 15.4 Å². The van der Waals surface area contributed by atoms with Crippen LogP contribution in [0.4, 0.5) is 0 Å². The van der Waals surface area contributed by atoms with Crippen LogP contribution in [0.1, 0.15) is 15.9 Å². The van der Waals surface area contributed by atoms with Gasteiger partial charge in [-0.15, -0.1) is 0 Å². The van der Waals surface area contributed by atoms with Crippen LogP contribution < -0.4 is 0 Å². The maximum atomic E-state index is 11.6. The van der Waals surface area contributed by atoms with Gasteiger partial charge in [-0.1, -0.05) is 52.3 Å². The van der Waals surface area contributed by atoms with Gasteiger partial charge in [0.25, 0.3) is 0 Å². The molecule has 1 heterocycles. The number of aromatic carboxylic acids is 1. The molecular weight excluding hydrogens is 330 g/mol. The predicted octanol–water partition coefficient (Wildman–Crippen LogP) is 4.67. The largest absolute Gasteiger partial charge is 0.478 e. The summed E-state index contributed by atoms with van der Waals surface area (Å²) >= 11 is 3.47. The lowest BCUT2D eigenvalue weighted by Crippen LogP contribution is -2.01. The van der Waals surface area contributed by atoms with Gasteiger partial charge in [-0.05, 0) is 24.6 Å². The van der Waals surface area contributed by atoms with Gasteiger partial charge in [0.2, 0.25) is 0 Å². The molecule has 0 atom stereocenters. The standard InChI is InChI=1S/C17H12BrNO2/c1-10-14(18)8-7-12-13(17(20)21)9-15(19-16(10)12)11-5-3-2-4-6-11/h2-9H,1H3,(H,20,21). The summed E-state index contributed by atoms with van der Waals surface area (Å²) in [5.41, 5.74) is 3.49. The zero-order chi connectivity index (χ0) is 15.0. The van der Waals surface area contributed by atoms with E-state index in [9.17, 15) is 9.90 Å². The molecule has 0 bridgehead atoms. The third kappa shape index (κ3) is 2.43. The van der Waals surface area contributed by atoms with Crippen molar-refractivity contribution in [1.29, 1.82) is 0 Å². The molecule has 0 unspecified atom stereocenters. The smallest absolute Gasteiger partial charge is 0.336 e. The van der Waals surface area contributed by atoms with Gasteiger partial charge in [0.05, 0.1) is 16.8 Å². The van der Waals surface area contributed by atoms with Crippen molar-refractivity contribution in [3.05, 3.63) is 64.1 Å². The fourth-order valence-electron chi connectivity index (χ4n) is 2.34. The molecule has 0 radical (unpaired) electrons. The van der Waals surface area contributed by atoms with Crippen molar-refractivity contribution in [1.82, 2.24) is 4.98 Å². The van der Waals surface area contributed by atoms with E-state index in [1.54, 1.807) is 12.1 Å². The number of aryl methyl sites for hydroxylation is 1. The number of aromatic nitrogens is 1. The zero-order valence-electron chi connectivity index (χ0n) is 11.3. The number of carbonyl (C=O) groups is 1. The van der Waals surface area contributed by atoms with E-state index in [1.165, 1.54) is 0 Å². The van der Waals surface area contributed by atoms with Crippen molar-refractivity contribution in [3.8, 4) is 11.3 Å². The molecule has 0 aliphatic carbocycles. The van der Waals surface area contributed by atoms with E-state index in [-0.39, 0.29) is 5.56 Å². The van der Waals surface area contributed by atoms with Gasteiger partial charge < -0.3 is 5.11 Å². The second kappa shape index (κ2) is 5.30. The quantitative estimate of drug-likeness (QED) is 0.736. The molecule has 0 saturated carbocycles. The first-order valence-corrected chi connectivity index (χ1v) is 7.26. The average Bonchev–Trinajstić information content (AvgIpc) is 2.51. The van der Waals surface area contributed by atoms with Crippen LogP contribution in [0.5, 0.6) is 0 Å². The zero-order valence-corrected chi connectivity index (χ0v) is 12.9. The molecule has 3 nitrogen and oxygen atoms in total. The van der Waals surface area contributed by atoms with Gasteiger partial charge in [0.1, 0.15) is 0 Å². The highest BCUT2D eigenvalue weighted by atomic mass is 79.9. The van der Waals surface area contributed by atoms with Crippen LogP contribution in [0.15, 0.2) is 53.0 Å². The van der Waals surface area contributed by atoms with E-state index >= 15 is 0 Å². The molecule has 104 valence electrons. The molecule has 0 amide bonds. The Bertz CT molecular complexity index is 844. The summed E-state index contributed by atoms with van der Waals surface area (Å²) in [6.45, 7) is 1.93. The van der Waals surface area contributed by atoms with E-state index in [0.717, 1.165) is 15.6 Å². The Kier molecular flexibility index (Phi) is 3.47. The summed E-state index contributed by atoms with van der Waals surface area (Å²) in [5, 5.41) is 10.1. The van der Waals surface area contributed by atoms with E-state index in [0.29, 0.717) is 16.6 Å². The van der Waals surface area contributed by atoms with Gasteiger partial charge in [-0.25, -0.2) is 9.78 Å². The number of rotatable bonds is 2. The van der Waals surface area contributed by atoms with Gasteiger partial charge in [-0.2, -0.15) is 0 Å². The SMILES string of the molecule is Cc1c(Br)ccc2c(C(=O)O)cc(-c3ccccc3)nc12. The van der Waals surface area contributed by atoms with Gasteiger partial charge >= 0.3 is 5.97 Å². The van der Waals surface area contributed by atoms with Crippen molar-refractivity contribution in [2.75, 3.05) is 0 Å². The molecule has 0 saturated heterocycles. The normalized spacial score (nSPS) is 10.8. The maximum absolute atomic E-state index is 11.6. The Morgan fingerprint density at radius 1 is 1.14 bits per heavy atom. The first kappa shape index (κ1) is 13.8. The van der Waals surface area contributed by atoms with Crippen LogP contribution >= 0.6 is 15.9 Å². The Labute approximate surface area is 130 Å². The van der Waals surface area contributed by atoms with E-state index in [2.05, 4.69) is 20.9 Å². The van der Waals surface area contributed by atoms with Crippen molar-refractivity contribution < 1.29 is 9.90 Å². The summed E-state index contributed by atoms with van der Waals surface area (Å²) in [5.74, 6) is -0.943. The fraction of sp³-hybridized carbons (Fsp3) is 0.0588. The minimum Gasteiger partial charge on any atom is -0.478 e. The van der Waals surface area contributed by atoms with E-state index in [1.807, 2.05) is 43.3 Å². The number of fused-ring (bicyclic) bond motifs is 1. The van der Waals surface area contributed by atoms with Crippen LogP contribution in [-0.2, 0) is 0 Å². The minimum absolute atomic E-state index is 0.273. The number of hydrogen-bond acceptors (Lipinski definition) is 2. The molecule has 3 aromatic rings. The molecular formula is C17H12BrNO2. The lowest BCUT2D eigenvalue weighted by atomic mass is 10.0. The lowest BCUT2D eigenvalue weighted by molar-refractivity contribution is 0.0699. The van der Waals surface area contributed by atoms with Crippen LogP contribution in [-0.4, -0.2) is 16.1 Å². The Hall–Kier alpha value is -2.20. The first-order chi connectivity index (χ1) is 10.1. The number of carboxylic acid groups (broad SMARTS) is 1. The second-order valence-electron chi connectivity index (χ2n) is 4.79. The predicted molar refractivity (Wildman–Crippen MR) is 86.6 cm³/mol. The monoisotopic (exact) mass is 341 g/mol. The molecule has 1 aromatic heterocycles. The average molecular weight is 342 g/mol. The molecule has 2 aromatic carbocycles. The number of nitrogens with zero attached hydrogens (tertiary/aromatic N) is 1. The summed E-state index contributed by atoms with van der Waals surface area (Å²) in [6.07, 6.45) is 0. The van der Waals surface area contributed by atoms with E-state index < -0.39 is 5.97 Å². The molecule has 0 aliphatic rings. The van der Waals surface area contributed by atoms with Crippen LogP contribution in [0.3, 0.4) is 0 Å². The van der Waals surface area contributed by atoms with Crippen LogP contribution in [0.2, 0.25) is 0 Å². The van der Waals surface area contributed by atoms with Crippen molar-refractivity contribution >= 4 is 32.8 Å². The molecule has 0 aliphatic heterocycles. The highest BCUT2D eigenvalue weighted by Gasteiger charge is 2.15. The molecule has 3 rings (SSSR count). The number of hydrogen-bond donors (Lipinski definition) is 1. The second-order valence-corrected chi connectivity index (χ2v) is 5.65. The highest BCUT2D eigenvalue weighted by molar-refractivity contribution is 9.10. The number of halogens is 1. The van der Waals surface area contributed by atoms with Crippen molar-refractivity contribution in [2.45, 2.75) is 6.92 Å². The topological polar surface area (TPSA) is 50.2 Å². The molecule has 1 N–H and O–H groups in total. The molecule has 21 heavy (non-hydrogen) atoms. The Morgan fingerprint density at radius 3 is 2.52 bits per heavy atom. The van der Waals surface area contributed by atoms with Gasteiger partial charge in [-0.3, -0.25) is 0 Å². The van der Waals surface area contributed by atoms with Crippen molar-refractivity contribution in [3.63, 3.8) is 0 Å². The Morgan fingerprint density at radius 2 is 1.86 bits per heavy atom. The highest BCUT2D eigenvalue weighted by Crippen LogP contribution is 2.30. The summed E-state index contributed by atoms with van der Waals surface area (Å²) in [6, 6.07) is 14.9. The first-order valence-electron chi connectivity index (χ1n) is 6.46. The summed E-state index contributed by atoms with van der Waals surface area (Å²) in [7, 11) is 0. The molecule has 0 spiro atoms. The lowest BCUT2D eigenvalue weighted by Gasteiger charge is -2.10. The maximum Gasteiger partial charge on any atom is 0.336 e. The summed E-state index contributed by atoms with van der Waals surface area (Å²) in [4.78, 5) is 16.2. The molecule has 4 heteroatoms. The Balaban J connectivity index is 2.39. The summed E-state index contributed by atoms with van der Waals surface area (Å²) < 4.78 is 0.920. The van der Waals surface area contributed by atoms with E-state index in [4.69, 9.17) is 0 Å². The third-order valence-electron chi connectivity index (χ3n) is 3.47. The fourth-order valence-corrected chi connectivity index (χ4v) is 2.66. The third-order valence-corrected chi connectivity index (χ3v) is 4.33. The number of carboxylic acids is 1. The minimum atomic E-state index is -0.943.